The highest BCUT2D eigenvalue weighted by molar-refractivity contribution is 5.98. The molecule has 1 aromatic carbocycles. The topological polar surface area (TPSA) is 45.5 Å². The minimum Gasteiger partial charge on any atom is -0.461 e. The molecule has 0 radical (unpaired) electrons. The van der Waals surface area contributed by atoms with E-state index in [-0.39, 0.29) is 5.91 Å². The molecular weight excluding hydrogens is 264 g/mol. The molecule has 1 atom stereocenters. The Bertz CT molecular complexity index is 683. The van der Waals surface area contributed by atoms with Gasteiger partial charge >= 0.3 is 0 Å². The number of aryl methyl sites for hydroxylation is 1. The molecule has 4 nitrogen and oxygen atoms in total. The first-order chi connectivity index (χ1) is 10.2. The summed E-state index contributed by atoms with van der Waals surface area (Å²) in [7, 11) is 0. The number of carbonyl (C=O) groups is 1. The van der Waals surface area contributed by atoms with Gasteiger partial charge in [0.1, 0.15) is 11.3 Å². The van der Waals surface area contributed by atoms with Crippen molar-refractivity contribution in [3.63, 3.8) is 0 Å². The van der Waals surface area contributed by atoms with E-state index in [9.17, 15) is 4.79 Å². The lowest BCUT2D eigenvalue weighted by Gasteiger charge is -2.44. The molecule has 1 amide bonds. The lowest BCUT2D eigenvalue weighted by molar-refractivity contribution is 0.0620. The van der Waals surface area contributed by atoms with Crippen LogP contribution in [0, 0.1) is 12.8 Å². The number of carbonyl (C=O) groups excluding carboxylic acids is 1. The Kier molecular flexibility index (Phi) is 3.00. The van der Waals surface area contributed by atoms with Crippen LogP contribution in [0.1, 0.15) is 29.0 Å². The molecule has 3 saturated heterocycles. The van der Waals surface area contributed by atoms with E-state index in [4.69, 9.17) is 4.42 Å². The molecule has 0 saturated carbocycles. The third-order valence-corrected chi connectivity index (χ3v) is 4.87. The summed E-state index contributed by atoms with van der Waals surface area (Å²) in [6.45, 7) is 5.31. The summed E-state index contributed by atoms with van der Waals surface area (Å²) >= 11 is 0. The fourth-order valence-corrected chi connectivity index (χ4v) is 3.70. The van der Waals surface area contributed by atoms with E-state index in [2.05, 4.69) is 10.2 Å². The number of furan rings is 1. The SMILES string of the molecule is Cc1cc2cc(C(=O)N[C@H]3CN4CCC3CC4)ccc2o1. The van der Waals surface area contributed by atoms with Gasteiger partial charge in [-0.25, -0.2) is 0 Å². The summed E-state index contributed by atoms with van der Waals surface area (Å²) in [4.78, 5) is 14.9. The molecule has 1 N–H and O–H groups in total. The van der Waals surface area contributed by atoms with Gasteiger partial charge in [0, 0.05) is 23.5 Å². The molecule has 3 aliphatic rings. The Hall–Kier alpha value is -1.81. The van der Waals surface area contributed by atoms with Crippen LogP contribution in [0.5, 0.6) is 0 Å². The summed E-state index contributed by atoms with van der Waals surface area (Å²) in [5, 5.41) is 4.22. The smallest absolute Gasteiger partial charge is 0.251 e. The number of nitrogens with zero attached hydrogens (tertiary/aromatic N) is 1. The van der Waals surface area contributed by atoms with Crippen LogP contribution in [0.2, 0.25) is 0 Å². The van der Waals surface area contributed by atoms with E-state index in [1.165, 1.54) is 25.9 Å². The van der Waals surface area contributed by atoms with Gasteiger partial charge in [-0.3, -0.25) is 4.79 Å². The Morgan fingerprint density at radius 1 is 1.29 bits per heavy atom. The summed E-state index contributed by atoms with van der Waals surface area (Å²) in [6, 6.07) is 7.93. The third kappa shape index (κ3) is 2.33. The second-order valence-corrected chi connectivity index (χ2v) is 6.33. The van der Waals surface area contributed by atoms with Gasteiger partial charge < -0.3 is 14.6 Å². The maximum absolute atomic E-state index is 12.5. The Balaban J connectivity index is 1.53. The first-order valence-corrected chi connectivity index (χ1v) is 7.72. The maximum atomic E-state index is 12.5. The van der Waals surface area contributed by atoms with Crippen molar-refractivity contribution in [1.82, 2.24) is 10.2 Å². The van der Waals surface area contributed by atoms with Gasteiger partial charge in [-0.2, -0.15) is 0 Å². The van der Waals surface area contributed by atoms with Gasteiger partial charge in [0.05, 0.1) is 0 Å². The van der Waals surface area contributed by atoms with Crippen LogP contribution in [0.15, 0.2) is 28.7 Å². The number of fused-ring (bicyclic) bond motifs is 4. The van der Waals surface area contributed by atoms with Crippen molar-refractivity contribution in [3.05, 3.63) is 35.6 Å². The van der Waals surface area contributed by atoms with Gasteiger partial charge in [-0.05, 0) is 63.0 Å². The molecule has 2 bridgehead atoms. The van der Waals surface area contributed by atoms with E-state index >= 15 is 0 Å². The molecular formula is C17H20N2O2. The normalized spacial score (nSPS) is 28.0. The Morgan fingerprint density at radius 3 is 2.81 bits per heavy atom. The summed E-state index contributed by atoms with van der Waals surface area (Å²) in [5.41, 5.74) is 1.56. The lowest BCUT2D eigenvalue weighted by Crippen LogP contribution is -2.57. The zero-order valence-corrected chi connectivity index (χ0v) is 12.3. The fraction of sp³-hybridized carbons (Fsp3) is 0.471. The van der Waals surface area contributed by atoms with Crippen LogP contribution in [0.4, 0.5) is 0 Å². The van der Waals surface area contributed by atoms with E-state index < -0.39 is 0 Å². The van der Waals surface area contributed by atoms with Crippen LogP contribution in [-0.2, 0) is 0 Å². The van der Waals surface area contributed by atoms with Gasteiger partial charge in [-0.15, -0.1) is 0 Å². The monoisotopic (exact) mass is 284 g/mol. The zero-order valence-electron chi connectivity index (χ0n) is 12.3. The minimum absolute atomic E-state index is 0.0366. The molecule has 4 heterocycles. The average molecular weight is 284 g/mol. The number of hydrogen-bond donors (Lipinski definition) is 1. The second-order valence-electron chi connectivity index (χ2n) is 6.33. The molecule has 0 spiro atoms. The molecule has 4 heteroatoms. The molecule has 1 aromatic heterocycles. The van der Waals surface area contributed by atoms with E-state index in [1.54, 1.807) is 0 Å². The van der Waals surface area contributed by atoms with Crippen LogP contribution in [0.3, 0.4) is 0 Å². The van der Waals surface area contributed by atoms with Crippen molar-refractivity contribution >= 4 is 16.9 Å². The average Bonchev–Trinajstić information content (AvgIpc) is 2.87. The predicted octanol–water partition coefficient (Wildman–Crippen LogP) is 2.57. The van der Waals surface area contributed by atoms with Crippen molar-refractivity contribution in [1.29, 1.82) is 0 Å². The molecule has 0 aliphatic carbocycles. The number of hydrogen-bond acceptors (Lipinski definition) is 3. The minimum atomic E-state index is 0.0366. The summed E-state index contributed by atoms with van der Waals surface area (Å²) in [6.07, 6.45) is 2.43. The largest absolute Gasteiger partial charge is 0.461 e. The molecule has 21 heavy (non-hydrogen) atoms. The number of rotatable bonds is 2. The highest BCUT2D eigenvalue weighted by atomic mass is 16.3. The molecule has 5 rings (SSSR count). The first-order valence-electron chi connectivity index (χ1n) is 7.72. The van der Waals surface area contributed by atoms with Gasteiger partial charge in [0.2, 0.25) is 0 Å². The van der Waals surface area contributed by atoms with Gasteiger partial charge in [0.15, 0.2) is 0 Å². The first kappa shape index (κ1) is 12.9. The second kappa shape index (κ2) is 4.88. The highest BCUT2D eigenvalue weighted by Gasteiger charge is 2.34. The zero-order chi connectivity index (χ0) is 14.4. The van der Waals surface area contributed by atoms with Crippen LogP contribution >= 0.6 is 0 Å². The van der Waals surface area contributed by atoms with Crippen LogP contribution in [0.25, 0.3) is 11.0 Å². The molecule has 3 fully saturated rings. The number of piperidine rings is 3. The van der Waals surface area contributed by atoms with Crippen molar-refractivity contribution < 1.29 is 9.21 Å². The molecule has 3 aliphatic heterocycles. The number of amides is 1. The lowest BCUT2D eigenvalue weighted by atomic mass is 9.84. The Morgan fingerprint density at radius 2 is 2.10 bits per heavy atom. The van der Waals surface area contributed by atoms with Crippen molar-refractivity contribution in [2.45, 2.75) is 25.8 Å². The fourth-order valence-electron chi connectivity index (χ4n) is 3.70. The third-order valence-electron chi connectivity index (χ3n) is 4.87. The van der Waals surface area contributed by atoms with E-state index in [0.717, 1.165) is 28.8 Å². The maximum Gasteiger partial charge on any atom is 0.251 e. The molecule has 110 valence electrons. The summed E-state index contributed by atoms with van der Waals surface area (Å²) < 4.78 is 5.55. The molecule has 2 aromatic rings. The summed E-state index contributed by atoms with van der Waals surface area (Å²) in [5.74, 6) is 1.56. The number of nitrogens with one attached hydrogen (secondary N) is 1. The predicted molar refractivity (Wildman–Crippen MR) is 81.4 cm³/mol. The van der Waals surface area contributed by atoms with Crippen molar-refractivity contribution in [2.24, 2.45) is 5.92 Å². The van der Waals surface area contributed by atoms with Gasteiger partial charge in [-0.1, -0.05) is 0 Å². The molecule has 0 unspecified atom stereocenters. The van der Waals surface area contributed by atoms with E-state index in [0.29, 0.717) is 12.0 Å². The van der Waals surface area contributed by atoms with Gasteiger partial charge in [0.25, 0.3) is 5.91 Å². The van der Waals surface area contributed by atoms with E-state index in [1.807, 2.05) is 31.2 Å². The highest BCUT2D eigenvalue weighted by Crippen LogP contribution is 2.28. The van der Waals surface area contributed by atoms with Crippen LogP contribution < -0.4 is 5.32 Å². The van der Waals surface area contributed by atoms with Crippen molar-refractivity contribution in [2.75, 3.05) is 19.6 Å². The van der Waals surface area contributed by atoms with Crippen LogP contribution in [-0.4, -0.2) is 36.5 Å². The quantitative estimate of drug-likeness (QED) is 0.922. The number of benzene rings is 1. The Labute approximate surface area is 124 Å². The standard InChI is InChI=1S/C17H20N2O2/c1-11-8-14-9-13(2-3-16(14)21-11)17(20)18-15-10-19-6-4-12(15)5-7-19/h2-3,8-9,12,15H,4-7,10H2,1H3,(H,18,20)/t15-/m0/s1. The van der Waals surface area contributed by atoms with Crippen molar-refractivity contribution in [3.8, 4) is 0 Å².